The topological polar surface area (TPSA) is 16.3 Å². The van der Waals surface area contributed by atoms with Gasteiger partial charge >= 0.3 is 0 Å². The lowest BCUT2D eigenvalue weighted by atomic mass is 9.33. The summed E-state index contributed by atoms with van der Waals surface area (Å²) in [5, 5.41) is 5.46. The normalized spacial score (nSPS) is 12.4. The SMILES string of the molecule is Clc1cc2c3c(c1)N(c1c(-c4ccccc4)cccc1-c1ccccc1)c1cc(-c4ccc5c(c4)c4ccccc4n5-c4ccccc4)ccc1B3c1ccc(-c3ccc4c(c3)c3ccccc3n4-c3ccccc3)cc1N2c1c(-c2ccccc2)cccc1-c1ccccc1. The van der Waals surface area contributed by atoms with Gasteiger partial charge < -0.3 is 18.9 Å². The van der Waals surface area contributed by atoms with Crippen molar-refractivity contribution in [2.45, 2.75) is 0 Å². The van der Waals surface area contributed by atoms with Crippen LogP contribution in [0, 0.1) is 0 Å². The maximum atomic E-state index is 8.02. The van der Waals surface area contributed by atoms with E-state index in [1.807, 2.05) is 0 Å². The molecule has 96 heavy (non-hydrogen) atoms. The van der Waals surface area contributed by atoms with Gasteiger partial charge in [-0.05, 0) is 146 Å². The van der Waals surface area contributed by atoms with Crippen LogP contribution in [0.3, 0.4) is 0 Å². The standard InChI is InChI=1S/C90H58BClN4/c92-67-57-86-88-87(58-67)96(90-72(61-29-11-3-12-30-61)41-24-42-73(90)62-31-13-4-14-32-62)85-56-66(64-48-52-83-77(54-64)75-38-20-22-44-81(75)94(83)69-35-17-6-18-36-69)46-50-79(85)91(88)78-49-45-65(63-47-51-82-76(53-63)74-37-19-21-43-80(74)93(82)68-33-15-5-16-34-68)55-84(78)95(86)89-70(59-25-7-1-8-26-59)39-23-40-71(89)60-27-9-2-10-28-60/h1-58H. The number of halogens is 1. The van der Waals surface area contributed by atoms with Crippen molar-refractivity contribution in [2.75, 3.05) is 9.80 Å². The summed E-state index contributed by atoms with van der Waals surface area (Å²) in [6, 6.07) is 129. The first kappa shape index (κ1) is 55.5. The first-order valence-electron chi connectivity index (χ1n) is 33.0. The Labute approximate surface area is 562 Å². The van der Waals surface area contributed by atoms with Gasteiger partial charge in [0.2, 0.25) is 0 Å². The molecule has 0 saturated carbocycles. The molecule has 2 aromatic heterocycles. The Morgan fingerprint density at radius 3 is 0.917 bits per heavy atom. The number of anilines is 6. The highest BCUT2D eigenvalue weighted by Gasteiger charge is 2.45. The maximum absolute atomic E-state index is 8.02. The molecule has 4 nitrogen and oxygen atoms in total. The molecule has 6 heteroatoms. The van der Waals surface area contributed by atoms with Crippen LogP contribution < -0.4 is 26.2 Å². The molecule has 0 spiro atoms. The Bertz CT molecular complexity index is 5430. The van der Waals surface area contributed by atoms with Gasteiger partial charge in [-0.15, -0.1) is 0 Å². The van der Waals surface area contributed by atoms with Gasteiger partial charge in [0.1, 0.15) is 0 Å². The highest BCUT2D eigenvalue weighted by molar-refractivity contribution is 7.00. The molecule has 17 aromatic rings. The molecule has 0 bridgehead atoms. The summed E-state index contributed by atoms with van der Waals surface area (Å²) >= 11 is 8.02. The van der Waals surface area contributed by atoms with Crippen LogP contribution in [-0.4, -0.2) is 15.8 Å². The van der Waals surface area contributed by atoms with Gasteiger partial charge in [0.15, 0.2) is 0 Å². The number of para-hydroxylation sites is 6. The van der Waals surface area contributed by atoms with Crippen LogP contribution in [-0.2, 0) is 0 Å². The number of benzene rings is 15. The maximum Gasteiger partial charge on any atom is 0.252 e. The van der Waals surface area contributed by atoms with Crippen molar-refractivity contribution in [2.24, 2.45) is 0 Å². The number of rotatable bonds is 10. The first-order chi connectivity index (χ1) is 47.6. The van der Waals surface area contributed by atoms with Gasteiger partial charge in [0.25, 0.3) is 6.71 Å². The van der Waals surface area contributed by atoms with Crippen molar-refractivity contribution in [3.8, 4) is 78.1 Å². The van der Waals surface area contributed by atoms with Crippen molar-refractivity contribution in [3.63, 3.8) is 0 Å². The number of hydrogen-bond donors (Lipinski definition) is 0. The van der Waals surface area contributed by atoms with E-state index in [1.54, 1.807) is 0 Å². The molecule has 0 saturated heterocycles. The second-order valence-electron chi connectivity index (χ2n) is 25.2. The highest BCUT2D eigenvalue weighted by atomic mass is 35.5. The number of hydrogen-bond acceptors (Lipinski definition) is 2. The van der Waals surface area contributed by atoms with Crippen LogP contribution in [0.25, 0.3) is 122 Å². The van der Waals surface area contributed by atoms with Gasteiger partial charge in [-0.1, -0.05) is 279 Å². The fraction of sp³-hybridized carbons (Fsp3) is 0. The summed E-state index contributed by atoms with van der Waals surface area (Å²) in [6.07, 6.45) is 0. The number of fused-ring (bicyclic) bond motifs is 10. The zero-order valence-electron chi connectivity index (χ0n) is 52.2. The second kappa shape index (κ2) is 22.6. The van der Waals surface area contributed by atoms with Crippen molar-refractivity contribution >= 4 is 112 Å². The van der Waals surface area contributed by atoms with Crippen LogP contribution >= 0.6 is 11.6 Å². The van der Waals surface area contributed by atoms with Crippen molar-refractivity contribution in [3.05, 3.63) is 357 Å². The lowest BCUT2D eigenvalue weighted by molar-refractivity contribution is 1.18. The molecule has 0 fully saturated rings. The van der Waals surface area contributed by atoms with E-state index in [4.69, 9.17) is 11.6 Å². The molecule has 4 heterocycles. The largest absolute Gasteiger partial charge is 0.310 e. The third-order valence-electron chi connectivity index (χ3n) is 19.9. The number of aromatic nitrogens is 2. The second-order valence-corrected chi connectivity index (χ2v) is 25.7. The van der Waals surface area contributed by atoms with E-state index < -0.39 is 0 Å². The predicted octanol–water partition coefficient (Wildman–Crippen LogP) is 22.6. The average Bonchev–Trinajstić information content (AvgIpc) is 1.11. The third kappa shape index (κ3) is 8.85. The van der Waals surface area contributed by atoms with Gasteiger partial charge in [0, 0.05) is 82.9 Å². The van der Waals surface area contributed by atoms with Gasteiger partial charge in [0.05, 0.1) is 33.4 Å². The van der Waals surface area contributed by atoms with Gasteiger partial charge in [-0.2, -0.15) is 0 Å². The van der Waals surface area contributed by atoms with Crippen LogP contribution in [0.1, 0.15) is 0 Å². The monoisotopic (exact) mass is 1240 g/mol. The summed E-state index contributed by atoms with van der Waals surface area (Å²) in [5.41, 5.74) is 30.3. The summed E-state index contributed by atoms with van der Waals surface area (Å²) < 4.78 is 4.79. The highest BCUT2D eigenvalue weighted by Crippen LogP contribution is 2.54. The molecule has 0 N–H and O–H groups in total. The minimum Gasteiger partial charge on any atom is -0.310 e. The molecule has 0 amide bonds. The minimum atomic E-state index is -0.237. The van der Waals surface area contributed by atoms with Crippen molar-refractivity contribution in [1.82, 2.24) is 9.13 Å². The summed E-state index contributed by atoms with van der Waals surface area (Å²) in [7, 11) is 0. The minimum absolute atomic E-state index is 0.237. The summed E-state index contributed by atoms with van der Waals surface area (Å²) in [6.45, 7) is -0.237. The van der Waals surface area contributed by atoms with Crippen LogP contribution in [0.2, 0.25) is 5.02 Å². The summed E-state index contributed by atoms with van der Waals surface area (Å²) in [4.78, 5) is 5.15. The van der Waals surface area contributed by atoms with E-state index >= 15 is 0 Å². The van der Waals surface area contributed by atoms with Gasteiger partial charge in [-0.25, -0.2) is 0 Å². The third-order valence-corrected chi connectivity index (χ3v) is 20.2. The van der Waals surface area contributed by atoms with Crippen molar-refractivity contribution in [1.29, 1.82) is 0 Å². The molecule has 0 radical (unpaired) electrons. The van der Waals surface area contributed by atoms with E-state index in [1.165, 1.54) is 49.0 Å². The number of nitrogens with zero attached hydrogens (tertiary/aromatic N) is 4. The molecule has 0 aliphatic carbocycles. The van der Waals surface area contributed by atoms with E-state index in [-0.39, 0.29) is 6.71 Å². The Hall–Kier alpha value is -12.1. The summed E-state index contributed by atoms with van der Waals surface area (Å²) in [5.74, 6) is 0. The van der Waals surface area contributed by atoms with Crippen LogP contribution in [0.5, 0.6) is 0 Å². The molecule has 19 rings (SSSR count). The molecular formula is C90H58BClN4. The first-order valence-corrected chi connectivity index (χ1v) is 33.3. The van der Waals surface area contributed by atoms with E-state index in [9.17, 15) is 0 Å². The molecular weight excluding hydrogens is 1180 g/mol. The van der Waals surface area contributed by atoms with E-state index in [0.29, 0.717) is 5.02 Å². The Kier molecular flexibility index (Phi) is 13.0. The molecule has 2 aliphatic heterocycles. The molecule has 15 aromatic carbocycles. The molecule has 0 unspecified atom stereocenters. The molecule has 448 valence electrons. The smallest absolute Gasteiger partial charge is 0.252 e. The Balaban J connectivity index is 0.908. The van der Waals surface area contributed by atoms with Gasteiger partial charge in [-0.3, -0.25) is 0 Å². The van der Waals surface area contributed by atoms with E-state index in [2.05, 4.69) is 371 Å². The van der Waals surface area contributed by atoms with Crippen molar-refractivity contribution < 1.29 is 0 Å². The lowest BCUT2D eigenvalue weighted by Crippen LogP contribution is -2.61. The van der Waals surface area contributed by atoms with Crippen LogP contribution in [0.15, 0.2) is 352 Å². The quantitative estimate of drug-likeness (QED) is 0.127. The fourth-order valence-corrected chi connectivity index (χ4v) is 16.0. The Morgan fingerprint density at radius 1 is 0.229 bits per heavy atom. The zero-order chi connectivity index (χ0) is 63.4. The average molecular weight is 1240 g/mol. The fourth-order valence-electron chi connectivity index (χ4n) is 15.8. The lowest BCUT2D eigenvalue weighted by Gasteiger charge is -2.46. The molecule has 0 atom stereocenters. The molecule has 2 aliphatic rings. The van der Waals surface area contributed by atoms with Crippen LogP contribution in [0.4, 0.5) is 34.1 Å². The zero-order valence-corrected chi connectivity index (χ0v) is 53.0. The van der Waals surface area contributed by atoms with E-state index in [0.717, 1.165) is 123 Å². The predicted molar refractivity (Wildman–Crippen MR) is 407 cm³/mol. The Morgan fingerprint density at radius 2 is 0.542 bits per heavy atom.